The monoisotopic (exact) mass is 334 g/mol. The third kappa shape index (κ3) is 3.26. The average Bonchev–Trinajstić information content (AvgIpc) is 2.91. The van der Waals surface area contributed by atoms with Crippen molar-refractivity contribution in [3.05, 3.63) is 71.6 Å². The van der Waals surface area contributed by atoms with Crippen LogP contribution in [0.1, 0.15) is 25.0 Å². The first-order valence-corrected chi connectivity index (χ1v) is 8.08. The zero-order chi connectivity index (χ0) is 18.0. The highest BCUT2D eigenvalue weighted by molar-refractivity contribution is 5.85. The van der Waals surface area contributed by atoms with Gasteiger partial charge in [0.1, 0.15) is 5.76 Å². The smallest absolute Gasteiger partial charge is 0.203 e. The first-order chi connectivity index (χ1) is 12.0. The molecule has 128 valence electrons. The van der Waals surface area contributed by atoms with Crippen molar-refractivity contribution in [3.63, 3.8) is 0 Å². The summed E-state index contributed by atoms with van der Waals surface area (Å²) in [6.45, 7) is 8.58. The maximum atomic E-state index is 6.13. The molecule has 25 heavy (non-hydrogen) atoms. The van der Waals surface area contributed by atoms with Crippen LogP contribution in [0.25, 0.3) is 16.7 Å². The third-order valence-corrected chi connectivity index (χ3v) is 4.19. The van der Waals surface area contributed by atoms with Crippen LogP contribution in [0.3, 0.4) is 0 Å². The molecule has 2 heterocycles. The van der Waals surface area contributed by atoms with E-state index < -0.39 is 0 Å². The lowest BCUT2D eigenvalue weighted by Crippen LogP contribution is -2.04. The molecule has 0 aliphatic rings. The lowest BCUT2D eigenvalue weighted by molar-refractivity contribution is 0.296. The fraction of sp³-hybridized carbons (Fsp3) is 0.200. The van der Waals surface area contributed by atoms with Gasteiger partial charge >= 0.3 is 0 Å². The van der Waals surface area contributed by atoms with Crippen molar-refractivity contribution in [3.8, 4) is 0 Å². The number of methoxy groups -OCH3 is 1. The van der Waals surface area contributed by atoms with Gasteiger partial charge in [-0.1, -0.05) is 36.9 Å². The van der Waals surface area contributed by atoms with Gasteiger partial charge in [-0.25, -0.2) is 4.98 Å². The number of nitrogens with zero attached hydrogens (tertiary/aromatic N) is 3. The molecule has 0 bridgehead atoms. The molecule has 0 saturated carbocycles. The standard InChI is InChI=1S/C20H22N4O/c1-13(2)18(14(3)25-4)16-10-17-19(22-11-16)23-20(21)24(17)12-15-8-6-5-7-9-15/h5-11H,1,12H2,2-4H3,(H2,21,22,23)/b18-14+. The highest BCUT2D eigenvalue weighted by Crippen LogP contribution is 2.28. The molecule has 0 fully saturated rings. The van der Waals surface area contributed by atoms with Crippen molar-refractivity contribution in [1.29, 1.82) is 0 Å². The van der Waals surface area contributed by atoms with Crippen LogP contribution in [0, 0.1) is 0 Å². The Kier molecular flexibility index (Phi) is 4.57. The van der Waals surface area contributed by atoms with E-state index in [1.54, 1.807) is 13.3 Å². The molecule has 1 aromatic carbocycles. The Morgan fingerprint density at radius 2 is 1.96 bits per heavy atom. The molecule has 0 aliphatic carbocycles. The van der Waals surface area contributed by atoms with E-state index in [1.807, 2.05) is 42.7 Å². The largest absolute Gasteiger partial charge is 0.501 e. The minimum atomic E-state index is 0.452. The first kappa shape index (κ1) is 16.8. The minimum absolute atomic E-state index is 0.452. The Hall–Kier alpha value is -3.08. The first-order valence-electron chi connectivity index (χ1n) is 8.08. The number of nitrogen functional groups attached to an aromatic ring is 1. The van der Waals surface area contributed by atoms with Crippen LogP contribution in [0.4, 0.5) is 5.95 Å². The van der Waals surface area contributed by atoms with Gasteiger partial charge in [0.25, 0.3) is 0 Å². The van der Waals surface area contributed by atoms with Gasteiger partial charge in [-0.15, -0.1) is 0 Å². The summed E-state index contributed by atoms with van der Waals surface area (Å²) < 4.78 is 7.39. The summed E-state index contributed by atoms with van der Waals surface area (Å²) in [5.74, 6) is 1.25. The van der Waals surface area contributed by atoms with Crippen LogP contribution in [-0.4, -0.2) is 21.6 Å². The molecule has 0 atom stereocenters. The summed E-state index contributed by atoms with van der Waals surface area (Å²) in [5.41, 5.74) is 11.6. The summed E-state index contributed by atoms with van der Waals surface area (Å²) in [4.78, 5) is 8.86. The number of hydrogen-bond acceptors (Lipinski definition) is 4. The van der Waals surface area contributed by atoms with Gasteiger partial charge in [0.05, 0.1) is 19.2 Å². The molecule has 2 N–H and O–H groups in total. The second-order valence-electron chi connectivity index (χ2n) is 6.02. The minimum Gasteiger partial charge on any atom is -0.501 e. The molecule has 5 heteroatoms. The summed E-state index contributed by atoms with van der Waals surface area (Å²) in [5, 5.41) is 0. The predicted octanol–water partition coefficient (Wildman–Crippen LogP) is 4.02. The molecule has 0 spiro atoms. The Morgan fingerprint density at radius 1 is 1.24 bits per heavy atom. The van der Waals surface area contributed by atoms with Crippen LogP contribution in [0.5, 0.6) is 0 Å². The third-order valence-electron chi connectivity index (χ3n) is 4.19. The summed E-state index contributed by atoms with van der Waals surface area (Å²) in [6, 6.07) is 12.2. The summed E-state index contributed by atoms with van der Waals surface area (Å²) in [7, 11) is 1.65. The molecule has 2 aromatic heterocycles. The Labute approximate surface area is 147 Å². The number of ether oxygens (including phenoxy) is 1. The van der Waals surface area contributed by atoms with Gasteiger partial charge < -0.3 is 15.0 Å². The number of fused-ring (bicyclic) bond motifs is 1. The Balaban J connectivity index is 2.14. The predicted molar refractivity (Wildman–Crippen MR) is 102 cm³/mol. The molecular formula is C20H22N4O. The molecule has 5 nitrogen and oxygen atoms in total. The van der Waals surface area contributed by atoms with Crippen LogP contribution in [0.2, 0.25) is 0 Å². The molecule has 3 aromatic rings. The number of benzene rings is 1. The van der Waals surface area contributed by atoms with Crippen LogP contribution < -0.4 is 5.73 Å². The van der Waals surface area contributed by atoms with Gasteiger partial charge in [-0.2, -0.15) is 4.98 Å². The number of pyridine rings is 1. The van der Waals surface area contributed by atoms with Crippen LogP contribution in [-0.2, 0) is 11.3 Å². The Bertz CT molecular complexity index is 954. The molecule has 3 rings (SSSR count). The fourth-order valence-corrected chi connectivity index (χ4v) is 2.94. The van der Waals surface area contributed by atoms with Crippen LogP contribution in [0.15, 0.2) is 60.5 Å². The zero-order valence-electron chi connectivity index (χ0n) is 14.8. The maximum absolute atomic E-state index is 6.13. The molecule has 0 unspecified atom stereocenters. The SMILES string of the molecule is C=C(C)/C(=C(/C)OC)c1cnc2nc(N)n(Cc3ccccc3)c2c1. The highest BCUT2D eigenvalue weighted by Gasteiger charge is 2.14. The van der Waals surface area contributed by atoms with Crippen molar-refractivity contribution in [2.24, 2.45) is 0 Å². The van der Waals surface area contributed by atoms with Crippen molar-refractivity contribution in [2.45, 2.75) is 20.4 Å². The van der Waals surface area contributed by atoms with E-state index in [0.717, 1.165) is 33.5 Å². The van der Waals surface area contributed by atoms with E-state index in [1.165, 1.54) is 0 Å². The van der Waals surface area contributed by atoms with Gasteiger partial charge in [0.15, 0.2) is 5.65 Å². The van der Waals surface area contributed by atoms with Crippen molar-refractivity contribution in [1.82, 2.24) is 14.5 Å². The Morgan fingerprint density at radius 3 is 2.60 bits per heavy atom. The number of nitrogens with two attached hydrogens (primary N) is 1. The van der Waals surface area contributed by atoms with Gasteiger partial charge in [0, 0.05) is 17.3 Å². The van der Waals surface area contributed by atoms with E-state index in [0.29, 0.717) is 18.1 Å². The van der Waals surface area contributed by atoms with Crippen LogP contribution >= 0.6 is 0 Å². The molecular weight excluding hydrogens is 312 g/mol. The second kappa shape index (κ2) is 6.81. The topological polar surface area (TPSA) is 66.0 Å². The fourth-order valence-electron chi connectivity index (χ4n) is 2.94. The van der Waals surface area contributed by atoms with Gasteiger partial charge in [0.2, 0.25) is 5.95 Å². The molecule has 0 amide bonds. The van der Waals surface area contributed by atoms with Gasteiger partial charge in [-0.05, 0) is 31.1 Å². The van der Waals surface area contributed by atoms with Gasteiger partial charge in [-0.3, -0.25) is 0 Å². The summed E-state index contributed by atoms with van der Waals surface area (Å²) in [6.07, 6.45) is 1.79. The second-order valence-corrected chi connectivity index (χ2v) is 6.02. The summed E-state index contributed by atoms with van der Waals surface area (Å²) >= 11 is 0. The van der Waals surface area contributed by atoms with Crippen molar-refractivity contribution >= 4 is 22.7 Å². The number of allylic oxidation sites excluding steroid dienone is 3. The lowest BCUT2D eigenvalue weighted by atomic mass is 10.0. The quantitative estimate of drug-likeness (QED) is 0.565. The lowest BCUT2D eigenvalue weighted by Gasteiger charge is -2.12. The number of hydrogen-bond donors (Lipinski definition) is 1. The van der Waals surface area contributed by atoms with E-state index in [9.17, 15) is 0 Å². The average molecular weight is 334 g/mol. The number of aromatic nitrogens is 3. The maximum Gasteiger partial charge on any atom is 0.203 e. The molecule has 0 radical (unpaired) electrons. The number of imidazole rings is 1. The zero-order valence-corrected chi connectivity index (χ0v) is 14.8. The molecule has 0 aliphatic heterocycles. The van der Waals surface area contributed by atoms with Crippen molar-refractivity contribution < 1.29 is 4.74 Å². The van der Waals surface area contributed by atoms with E-state index >= 15 is 0 Å². The van der Waals surface area contributed by atoms with Crippen molar-refractivity contribution in [2.75, 3.05) is 12.8 Å². The van der Waals surface area contributed by atoms with E-state index in [-0.39, 0.29) is 0 Å². The molecule has 0 saturated heterocycles. The van der Waals surface area contributed by atoms with E-state index in [2.05, 4.69) is 28.7 Å². The highest BCUT2D eigenvalue weighted by atomic mass is 16.5. The number of rotatable bonds is 5. The van der Waals surface area contributed by atoms with E-state index in [4.69, 9.17) is 10.5 Å². The normalized spacial score (nSPS) is 12.1. The number of anilines is 1.